The zero-order valence-corrected chi connectivity index (χ0v) is 21.4. The van der Waals surface area contributed by atoms with Crippen LogP contribution in [0.2, 0.25) is 0 Å². The van der Waals surface area contributed by atoms with Crippen molar-refractivity contribution in [2.24, 2.45) is 0 Å². The average Bonchev–Trinajstić information content (AvgIpc) is 2.87. The number of nitrogens with zero attached hydrogens (tertiary/aromatic N) is 2. The molecule has 0 aliphatic carbocycles. The van der Waals surface area contributed by atoms with Crippen LogP contribution >= 0.6 is 0 Å². The lowest BCUT2D eigenvalue weighted by Gasteiger charge is -2.26. The van der Waals surface area contributed by atoms with E-state index in [0.29, 0.717) is 6.54 Å². The van der Waals surface area contributed by atoms with E-state index in [2.05, 4.69) is 15.7 Å². The molecule has 196 valence electrons. The first-order valence-corrected chi connectivity index (χ1v) is 12.1. The van der Waals surface area contributed by atoms with Crippen molar-refractivity contribution in [2.75, 3.05) is 13.1 Å². The van der Waals surface area contributed by atoms with Crippen molar-refractivity contribution in [3.63, 3.8) is 0 Å². The Balaban J connectivity index is 1.61. The van der Waals surface area contributed by atoms with E-state index in [1.807, 2.05) is 72.8 Å². The number of aromatic nitrogens is 1. The Morgan fingerprint density at radius 2 is 1.65 bits per heavy atom. The van der Waals surface area contributed by atoms with E-state index < -0.39 is 23.9 Å². The van der Waals surface area contributed by atoms with E-state index in [1.165, 1.54) is 0 Å². The van der Waals surface area contributed by atoms with E-state index in [-0.39, 0.29) is 19.7 Å². The van der Waals surface area contributed by atoms with Crippen LogP contribution in [0.3, 0.4) is 0 Å². The summed E-state index contributed by atoms with van der Waals surface area (Å²) in [5.74, 6) is 0. The molecule has 2 amide bonds. The molecule has 0 radical (unpaired) electrons. The number of aliphatic hydroxyl groups excluding tert-OH is 1. The first-order chi connectivity index (χ1) is 17.7. The fraction of sp³-hybridized carbons (Fsp3) is 0.321. The Labute approximate surface area is 217 Å². The summed E-state index contributed by atoms with van der Waals surface area (Å²) in [7, 11) is 0. The van der Waals surface area contributed by atoms with Crippen molar-refractivity contribution < 1.29 is 24.2 Å². The van der Waals surface area contributed by atoms with Gasteiger partial charge in [0.1, 0.15) is 12.2 Å². The van der Waals surface area contributed by atoms with Gasteiger partial charge in [0.2, 0.25) is 0 Å². The second-order valence-corrected chi connectivity index (χ2v) is 9.50. The zero-order chi connectivity index (χ0) is 26.7. The predicted molar refractivity (Wildman–Crippen MR) is 140 cm³/mol. The molecule has 0 saturated heterocycles. The largest absolute Gasteiger partial charge is 0.444 e. The number of aliphatic hydroxyl groups is 1. The highest BCUT2D eigenvalue weighted by atomic mass is 16.6. The molecule has 9 heteroatoms. The smallest absolute Gasteiger partial charge is 0.422 e. The summed E-state index contributed by atoms with van der Waals surface area (Å²) in [6, 6.07) is 22.8. The third kappa shape index (κ3) is 10.3. The Bertz CT molecular complexity index is 1120. The third-order valence-electron chi connectivity index (χ3n) is 5.06. The predicted octanol–water partition coefficient (Wildman–Crippen LogP) is 4.28. The number of alkyl carbamates (subject to hydrolysis) is 1. The number of amides is 2. The lowest BCUT2D eigenvalue weighted by molar-refractivity contribution is 0.0406. The van der Waals surface area contributed by atoms with Crippen LogP contribution in [0.5, 0.6) is 0 Å². The summed E-state index contributed by atoms with van der Waals surface area (Å²) in [5.41, 5.74) is 5.63. The van der Waals surface area contributed by atoms with E-state index in [1.54, 1.807) is 32.0 Å². The van der Waals surface area contributed by atoms with Gasteiger partial charge in [0, 0.05) is 31.4 Å². The summed E-state index contributed by atoms with van der Waals surface area (Å²) in [5, 5.41) is 14.6. The fourth-order valence-electron chi connectivity index (χ4n) is 3.40. The van der Waals surface area contributed by atoms with Crippen molar-refractivity contribution in [1.82, 2.24) is 20.7 Å². The second-order valence-electron chi connectivity index (χ2n) is 9.50. The van der Waals surface area contributed by atoms with Crippen LogP contribution in [0, 0.1) is 0 Å². The molecule has 37 heavy (non-hydrogen) atoms. The highest BCUT2D eigenvalue weighted by Gasteiger charge is 2.19. The van der Waals surface area contributed by atoms with E-state index in [9.17, 15) is 14.7 Å². The number of carbonyl (C=O) groups excluding carboxylic acids is 2. The highest BCUT2D eigenvalue weighted by molar-refractivity contribution is 5.67. The van der Waals surface area contributed by atoms with E-state index in [4.69, 9.17) is 9.47 Å². The highest BCUT2D eigenvalue weighted by Crippen LogP contribution is 2.17. The Kier molecular flexibility index (Phi) is 10.00. The number of benzene rings is 2. The molecule has 0 bridgehead atoms. The molecule has 0 aliphatic rings. The molecule has 1 aromatic heterocycles. The molecule has 1 heterocycles. The lowest BCUT2D eigenvalue weighted by atomic mass is 10.1. The molecule has 3 N–H and O–H groups in total. The van der Waals surface area contributed by atoms with Crippen molar-refractivity contribution in [3.05, 3.63) is 90.1 Å². The van der Waals surface area contributed by atoms with Gasteiger partial charge in [0.25, 0.3) is 0 Å². The molecule has 0 saturated carbocycles. The number of nitrogens with one attached hydrogen (secondary N) is 2. The quantitative estimate of drug-likeness (QED) is 0.352. The fourth-order valence-corrected chi connectivity index (χ4v) is 3.40. The number of carbonyl (C=O) groups is 2. The summed E-state index contributed by atoms with van der Waals surface area (Å²) in [6.07, 6.45) is -0.516. The Morgan fingerprint density at radius 3 is 2.30 bits per heavy atom. The van der Waals surface area contributed by atoms with Crippen LogP contribution < -0.4 is 10.7 Å². The van der Waals surface area contributed by atoms with Crippen molar-refractivity contribution in [1.29, 1.82) is 0 Å². The van der Waals surface area contributed by atoms with Gasteiger partial charge in [-0.2, -0.15) is 0 Å². The number of hydrazine groups is 1. The molecule has 3 aromatic rings. The molecular weight excluding hydrogens is 472 g/mol. The van der Waals surface area contributed by atoms with Crippen LogP contribution in [-0.2, 0) is 22.6 Å². The maximum absolute atomic E-state index is 12.5. The molecule has 1 unspecified atom stereocenters. The van der Waals surface area contributed by atoms with Gasteiger partial charge >= 0.3 is 12.2 Å². The second kappa shape index (κ2) is 13.4. The van der Waals surface area contributed by atoms with Crippen LogP contribution in [-0.4, -0.2) is 52.1 Å². The normalized spacial score (nSPS) is 12.0. The van der Waals surface area contributed by atoms with Crippen LogP contribution in [0.1, 0.15) is 31.9 Å². The van der Waals surface area contributed by atoms with Gasteiger partial charge < -0.3 is 19.9 Å². The molecule has 9 nitrogen and oxygen atoms in total. The van der Waals surface area contributed by atoms with Crippen LogP contribution in [0.15, 0.2) is 79.0 Å². The number of rotatable bonds is 10. The third-order valence-corrected chi connectivity index (χ3v) is 5.06. The summed E-state index contributed by atoms with van der Waals surface area (Å²) in [4.78, 5) is 28.8. The minimum absolute atomic E-state index is 0.0399. The van der Waals surface area contributed by atoms with Gasteiger partial charge in [-0.25, -0.2) is 14.6 Å². The van der Waals surface area contributed by atoms with Crippen molar-refractivity contribution in [3.8, 4) is 11.3 Å². The van der Waals surface area contributed by atoms with Gasteiger partial charge in [-0.1, -0.05) is 60.7 Å². The Morgan fingerprint density at radius 1 is 0.946 bits per heavy atom. The summed E-state index contributed by atoms with van der Waals surface area (Å²) in [6.45, 7) is 5.68. The number of hydrogen-bond acceptors (Lipinski definition) is 7. The first kappa shape index (κ1) is 27.6. The minimum atomic E-state index is -0.977. The van der Waals surface area contributed by atoms with E-state index >= 15 is 0 Å². The molecule has 0 aliphatic heterocycles. The topological polar surface area (TPSA) is 113 Å². The monoisotopic (exact) mass is 506 g/mol. The molecular formula is C28H34N4O5. The molecule has 2 aromatic carbocycles. The van der Waals surface area contributed by atoms with Gasteiger partial charge in [-0.15, -0.1) is 0 Å². The van der Waals surface area contributed by atoms with Crippen LogP contribution in [0.25, 0.3) is 11.3 Å². The van der Waals surface area contributed by atoms with Crippen molar-refractivity contribution >= 4 is 12.2 Å². The van der Waals surface area contributed by atoms with Gasteiger partial charge in [0.05, 0.1) is 11.8 Å². The SMILES string of the molecule is CC(C)(C)OC(=O)NCC(O)CN(Cc1ccc(-c2ccccn2)cc1)NC(=O)OCc1ccccc1. The van der Waals surface area contributed by atoms with Crippen molar-refractivity contribution in [2.45, 2.75) is 45.6 Å². The molecule has 1 atom stereocenters. The average molecular weight is 507 g/mol. The van der Waals surface area contributed by atoms with Crippen LogP contribution in [0.4, 0.5) is 9.59 Å². The number of hydrogen-bond donors (Lipinski definition) is 3. The van der Waals surface area contributed by atoms with Gasteiger partial charge in [-0.3, -0.25) is 10.4 Å². The molecule has 0 fully saturated rings. The zero-order valence-electron chi connectivity index (χ0n) is 21.4. The number of ether oxygens (including phenoxy) is 2. The molecule has 3 rings (SSSR count). The lowest BCUT2D eigenvalue weighted by Crippen LogP contribution is -2.48. The van der Waals surface area contributed by atoms with E-state index in [0.717, 1.165) is 22.4 Å². The maximum Gasteiger partial charge on any atom is 0.422 e. The summed E-state index contributed by atoms with van der Waals surface area (Å²) >= 11 is 0. The standard InChI is InChI=1S/C28H34N4O5/c1-28(2,3)37-26(34)30-17-24(33)19-32(31-27(35)36-20-22-9-5-4-6-10-22)18-21-12-14-23(15-13-21)25-11-7-8-16-29-25/h4-16,24,33H,17-20H2,1-3H3,(H,30,34)(H,31,35). The van der Waals surface area contributed by atoms with Gasteiger partial charge in [0.15, 0.2) is 0 Å². The summed E-state index contributed by atoms with van der Waals surface area (Å²) < 4.78 is 10.5. The minimum Gasteiger partial charge on any atom is -0.444 e. The maximum atomic E-state index is 12.5. The van der Waals surface area contributed by atoms with Gasteiger partial charge in [-0.05, 0) is 44.0 Å². The molecule has 0 spiro atoms. The first-order valence-electron chi connectivity index (χ1n) is 12.1. The Hall–Kier alpha value is -3.95. The number of pyridine rings is 1.